The highest BCUT2D eigenvalue weighted by Gasteiger charge is 2.37. The lowest BCUT2D eigenvalue weighted by Crippen LogP contribution is -2.60. The minimum atomic E-state index is 0.0154. The van der Waals surface area contributed by atoms with Gasteiger partial charge >= 0.3 is 0 Å². The Labute approximate surface area is 153 Å². The number of aromatic nitrogens is 1. The summed E-state index contributed by atoms with van der Waals surface area (Å²) in [6.07, 6.45) is 1.58. The smallest absolute Gasteiger partial charge is 0.255 e. The maximum Gasteiger partial charge on any atom is 0.255 e. The zero-order valence-corrected chi connectivity index (χ0v) is 14.9. The lowest BCUT2D eigenvalue weighted by atomic mass is 10.00. The number of hydrogen-bond acceptors (Lipinski definition) is 5. The molecule has 2 fully saturated rings. The molecule has 1 aromatic heterocycles. The molecule has 2 saturated heterocycles. The zero-order valence-electron chi connectivity index (χ0n) is 14.9. The van der Waals surface area contributed by atoms with Gasteiger partial charge in [-0.1, -0.05) is 30.3 Å². The van der Waals surface area contributed by atoms with E-state index in [4.69, 9.17) is 9.47 Å². The first-order chi connectivity index (χ1) is 12.8. The first-order valence-corrected chi connectivity index (χ1v) is 8.94. The number of benzene rings is 1. The number of pyridine rings is 1. The normalized spacial score (nSPS) is 23.3. The highest BCUT2D eigenvalue weighted by molar-refractivity contribution is 5.94. The Morgan fingerprint density at radius 1 is 1.15 bits per heavy atom. The van der Waals surface area contributed by atoms with Crippen molar-refractivity contribution < 1.29 is 14.3 Å². The molecule has 0 unspecified atom stereocenters. The Balaban J connectivity index is 1.46. The number of fused-ring (bicyclic) bond motifs is 1. The van der Waals surface area contributed by atoms with E-state index in [2.05, 4.69) is 34.1 Å². The lowest BCUT2D eigenvalue weighted by molar-refractivity contribution is -0.0770. The van der Waals surface area contributed by atoms with Gasteiger partial charge in [-0.3, -0.25) is 9.69 Å². The second kappa shape index (κ2) is 7.43. The van der Waals surface area contributed by atoms with Crippen LogP contribution in [0, 0.1) is 0 Å². The van der Waals surface area contributed by atoms with Crippen molar-refractivity contribution in [2.45, 2.75) is 12.1 Å². The third-order valence-electron chi connectivity index (χ3n) is 5.18. The molecule has 2 aliphatic heterocycles. The minimum absolute atomic E-state index is 0.0154. The van der Waals surface area contributed by atoms with Gasteiger partial charge in [-0.2, -0.15) is 0 Å². The predicted molar refractivity (Wildman–Crippen MR) is 97.2 cm³/mol. The number of nitrogens with zero attached hydrogens (tertiary/aromatic N) is 3. The van der Waals surface area contributed by atoms with Gasteiger partial charge in [0.05, 0.1) is 38.0 Å². The van der Waals surface area contributed by atoms with Crippen LogP contribution in [0.15, 0.2) is 48.7 Å². The average Bonchev–Trinajstić information content (AvgIpc) is 2.73. The number of carbonyl (C=O) groups excluding carboxylic acids is 1. The van der Waals surface area contributed by atoms with E-state index in [-0.39, 0.29) is 18.0 Å². The van der Waals surface area contributed by atoms with Crippen molar-refractivity contribution in [1.29, 1.82) is 0 Å². The Kier molecular flexibility index (Phi) is 4.86. The van der Waals surface area contributed by atoms with Gasteiger partial charge in [0.15, 0.2) is 0 Å². The van der Waals surface area contributed by atoms with Gasteiger partial charge in [-0.15, -0.1) is 0 Å². The fourth-order valence-corrected chi connectivity index (χ4v) is 3.80. The number of hydrogen-bond donors (Lipinski definition) is 0. The van der Waals surface area contributed by atoms with Crippen molar-refractivity contribution >= 4 is 5.91 Å². The topological polar surface area (TPSA) is 54.9 Å². The highest BCUT2D eigenvalue weighted by atomic mass is 16.5. The highest BCUT2D eigenvalue weighted by Crippen LogP contribution is 2.30. The van der Waals surface area contributed by atoms with Crippen LogP contribution in [0.3, 0.4) is 0 Å². The molecule has 2 aliphatic rings. The van der Waals surface area contributed by atoms with E-state index in [9.17, 15) is 4.79 Å². The van der Waals surface area contributed by atoms with Crippen LogP contribution in [0.5, 0.6) is 5.88 Å². The molecule has 0 spiro atoms. The minimum Gasteiger partial charge on any atom is -0.481 e. The quantitative estimate of drug-likeness (QED) is 0.845. The van der Waals surface area contributed by atoms with E-state index in [0.29, 0.717) is 37.7 Å². The van der Waals surface area contributed by atoms with Crippen LogP contribution in [0.25, 0.3) is 0 Å². The summed E-state index contributed by atoms with van der Waals surface area (Å²) in [5, 5.41) is 0. The van der Waals surface area contributed by atoms with E-state index < -0.39 is 0 Å². The molecule has 0 bridgehead atoms. The molecule has 6 nitrogen and oxygen atoms in total. The summed E-state index contributed by atoms with van der Waals surface area (Å²) in [7, 11) is 1.56. The van der Waals surface area contributed by atoms with Crippen molar-refractivity contribution in [1.82, 2.24) is 14.8 Å². The molecular weight excluding hydrogens is 330 g/mol. The summed E-state index contributed by atoms with van der Waals surface area (Å²) in [6, 6.07) is 14.4. The maximum atomic E-state index is 12.8. The van der Waals surface area contributed by atoms with Crippen LogP contribution < -0.4 is 4.74 Å². The van der Waals surface area contributed by atoms with Gasteiger partial charge < -0.3 is 14.4 Å². The molecule has 1 amide bonds. The lowest BCUT2D eigenvalue weighted by Gasteiger charge is -2.48. The third-order valence-corrected chi connectivity index (χ3v) is 5.18. The Bertz CT molecular complexity index is 751. The van der Waals surface area contributed by atoms with Crippen molar-refractivity contribution in [3.63, 3.8) is 0 Å². The molecule has 4 rings (SSSR count). The predicted octanol–water partition coefficient (Wildman–Crippen LogP) is 1.99. The Morgan fingerprint density at radius 3 is 2.73 bits per heavy atom. The molecule has 0 aliphatic carbocycles. The molecule has 1 aromatic carbocycles. The van der Waals surface area contributed by atoms with Crippen LogP contribution in [-0.2, 0) is 4.74 Å². The average molecular weight is 353 g/mol. The van der Waals surface area contributed by atoms with E-state index in [1.54, 1.807) is 25.4 Å². The summed E-state index contributed by atoms with van der Waals surface area (Å²) >= 11 is 0. The van der Waals surface area contributed by atoms with Crippen LogP contribution in [0.1, 0.15) is 22.0 Å². The molecule has 2 atom stereocenters. The van der Waals surface area contributed by atoms with Crippen molar-refractivity contribution in [3.8, 4) is 5.88 Å². The van der Waals surface area contributed by atoms with E-state index in [1.807, 2.05) is 11.0 Å². The maximum absolute atomic E-state index is 12.8. The van der Waals surface area contributed by atoms with E-state index in [0.717, 1.165) is 6.54 Å². The number of morpholine rings is 1. The number of methoxy groups -OCH3 is 1. The fourth-order valence-electron chi connectivity index (χ4n) is 3.80. The molecule has 0 N–H and O–H groups in total. The second-order valence-corrected chi connectivity index (χ2v) is 6.70. The molecule has 26 heavy (non-hydrogen) atoms. The van der Waals surface area contributed by atoms with Crippen molar-refractivity contribution in [2.24, 2.45) is 0 Å². The molecule has 3 heterocycles. The summed E-state index contributed by atoms with van der Waals surface area (Å²) in [4.78, 5) is 21.3. The SMILES string of the molecule is COc1ccc(C(=O)N2CCN3[C@@H](COC[C@@H]3c3ccccc3)C2)cn1. The molecular formula is C20H23N3O3. The van der Waals surface area contributed by atoms with E-state index >= 15 is 0 Å². The standard InChI is InChI=1S/C20H23N3O3/c1-25-19-8-7-16(11-21-19)20(24)22-9-10-23-17(12-22)13-26-14-18(23)15-5-3-2-4-6-15/h2-8,11,17-18H,9-10,12-14H2,1H3/t17-,18-/m1/s1. The van der Waals surface area contributed by atoms with Crippen LogP contribution in [-0.4, -0.2) is 66.7 Å². The second-order valence-electron chi connectivity index (χ2n) is 6.70. The molecule has 0 saturated carbocycles. The van der Waals surface area contributed by atoms with Gasteiger partial charge in [0.2, 0.25) is 5.88 Å². The summed E-state index contributed by atoms with van der Waals surface area (Å²) in [5.74, 6) is 0.527. The molecule has 2 aromatic rings. The number of piperazine rings is 1. The zero-order chi connectivity index (χ0) is 17.9. The molecule has 6 heteroatoms. The monoisotopic (exact) mass is 353 g/mol. The van der Waals surface area contributed by atoms with Gasteiger partial charge in [0.1, 0.15) is 0 Å². The van der Waals surface area contributed by atoms with Gasteiger partial charge in [0.25, 0.3) is 5.91 Å². The summed E-state index contributed by atoms with van der Waals surface area (Å²) in [5.41, 5.74) is 1.87. The number of ether oxygens (including phenoxy) is 2. The number of rotatable bonds is 3. The third kappa shape index (κ3) is 3.30. The largest absolute Gasteiger partial charge is 0.481 e. The van der Waals surface area contributed by atoms with Crippen LogP contribution in [0.4, 0.5) is 0 Å². The first kappa shape index (κ1) is 17.0. The first-order valence-electron chi connectivity index (χ1n) is 8.94. The summed E-state index contributed by atoms with van der Waals surface area (Å²) < 4.78 is 10.9. The van der Waals surface area contributed by atoms with Crippen LogP contribution >= 0.6 is 0 Å². The number of carbonyl (C=O) groups is 1. The van der Waals surface area contributed by atoms with Crippen LogP contribution in [0.2, 0.25) is 0 Å². The molecule has 136 valence electrons. The molecule has 0 radical (unpaired) electrons. The van der Waals surface area contributed by atoms with Crippen molar-refractivity contribution in [3.05, 3.63) is 59.8 Å². The number of amides is 1. The fraction of sp³-hybridized carbons (Fsp3) is 0.400. The van der Waals surface area contributed by atoms with Gasteiger partial charge in [-0.25, -0.2) is 4.98 Å². The van der Waals surface area contributed by atoms with Gasteiger partial charge in [0, 0.05) is 31.9 Å². The van der Waals surface area contributed by atoms with E-state index in [1.165, 1.54) is 5.56 Å². The Hall–Kier alpha value is -2.44. The van der Waals surface area contributed by atoms with Crippen molar-refractivity contribution in [2.75, 3.05) is 40.0 Å². The summed E-state index contributed by atoms with van der Waals surface area (Å²) in [6.45, 7) is 3.60. The van der Waals surface area contributed by atoms with Gasteiger partial charge in [-0.05, 0) is 11.6 Å². The Morgan fingerprint density at radius 2 is 2.00 bits per heavy atom.